The average molecular weight is 398 g/mol. The fraction of sp³-hybridized carbons (Fsp3) is 0.421. The molecule has 0 bridgehead atoms. The quantitative estimate of drug-likeness (QED) is 0.717. The summed E-state index contributed by atoms with van der Waals surface area (Å²) in [5.74, 6) is 0.133. The first-order chi connectivity index (χ1) is 13.4. The van der Waals surface area contributed by atoms with Crippen LogP contribution in [0.5, 0.6) is 0 Å². The summed E-state index contributed by atoms with van der Waals surface area (Å²) in [6.07, 6.45) is 1.15. The molecule has 0 saturated carbocycles. The van der Waals surface area contributed by atoms with Gasteiger partial charge in [-0.3, -0.25) is 14.2 Å². The predicted octanol–water partition coefficient (Wildman–Crippen LogP) is 1.42. The molecule has 9 heteroatoms. The number of thioether (sulfide) groups is 1. The monoisotopic (exact) mass is 398 g/mol. The lowest BCUT2D eigenvalue weighted by Gasteiger charge is -2.29. The fourth-order valence-corrected chi connectivity index (χ4v) is 5.20. The highest BCUT2D eigenvalue weighted by atomic mass is 32.2. The summed E-state index contributed by atoms with van der Waals surface area (Å²) in [7, 11) is 0. The van der Waals surface area contributed by atoms with E-state index in [0.29, 0.717) is 29.5 Å². The highest BCUT2D eigenvalue weighted by molar-refractivity contribution is 8.01. The maximum absolute atomic E-state index is 12.7. The summed E-state index contributed by atoms with van der Waals surface area (Å²) in [5.41, 5.74) is 0.128. The molecule has 4 rings (SSSR count). The lowest BCUT2D eigenvalue weighted by atomic mass is 10.2. The van der Waals surface area contributed by atoms with E-state index in [0.717, 1.165) is 0 Å². The smallest absolute Gasteiger partial charge is 0.330 e. The van der Waals surface area contributed by atoms with Crippen LogP contribution in [-0.2, 0) is 27.5 Å². The number of carbonyl (C=O) groups is 2. The van der Waals surface area contributed by atoms with Gasteiger partial charge in [-0.15, -0.1) is 11.8 Å². The van der Waals surface area contributed by atoms with E-state index < -0.39 is 12.0 Å². The number of rotatable bonds is 4. The molecule has 1 aromatic heterocycles. The van der Waals surface area contributed by atoms with Crippen molar-refractivity contribution in [1.29, 1.82) is 5.26 Å². The Morgan fingerprint density at radius 3 is 3.00 bits per heavy atom. The number of hydrogen-bond donors (Lipinski definition) is 0. The summed E-state index contributed by atoms with van der Waals surface area (Å²) < 4.78 is 6.64. The van der Waals surface area contributed by atoms with Crippen molar-refractivity contribution in [3.05, 3.63) is 40.4 Å². The van der Waals surface area contributed by atoms with Gasteiger partial charge in [-0.2, -0.15) is 5.26 Å². The van der Waals surface area contributed by atoms with Gasteiger partial charge in [-0.1, -0.05) is 12.1 Å². The number of carbonyl (C=O) groups excluding carboxylic acids is 2. The van der Waals surface area contributed by atoms with E-state index in [-0.39, 0.29) is 35.3 Å². The molecule has 2 fully saturated rings. The topological polar surface area (TPSA) is 105 Å². The molecule has 1 aromatic carbocycles. The third-order valence-corrected chi connectivity index (χ3v) is 6.74. The molecule has 144 valence electrons. The number of amides is 1. The van der Waals surface area contributed by atoms with Crippen molar-refractivity contribution in [3.8, 4) is 6.07 Å². The SMILES string of the molecule is C[C@@]12CCC(=O)N1[C@@H](C(=O)OCc1nc3ccccc3c(=O)n1CC#N)CS2. The molecule has 1 amide bonds. The fourth-order valence-electron chi connectivity index (χ4n) is 3.79. The minimum Gasteiger partial charge on any atom is -0.456 e. The Morgan fingerprint density at radius 2 is 2.21 bits per heavy atom. The Morgan fingerprint density at radius 1 is 1.43 bits per heavy atom. The van der Waals surface area contributed by atoms with E-state index in [4.69, 9.17) is 10.00 Å². The van der Waals surface area contributed by atoms with Crippen LogP contribution in [-0.4, -0.2) is 43.0 Å². The van der Waals surface area contributed by atoms with E-state index in [2.05, 4.69) is 4.98 Å². The van der Waals surface area contributed by atoms with Gasteiger partial charge in [0.2, 0.25) is 5.91 Å². The molecule has 3 heterocycles. The summed E-state index contributed by atoms with van der Waals surface area (Å²) in [6, 6.07) is 8.12. The van der Waals surface area contributed by atoms with Crippen LogP contribution in [0.15, 0.2) is 29.1 Å². The van der Waals surface area contributed by atoms with Crippen LogP contribution in [0, 0.1) is 11.3 Å². The Balaban J connectivity index is 1.58. The highest BCUT2D eigenvalue weighted by Crippen LogP contribution is 2.47. The molecule has 8 nitrogen and oxygen atoms in total. The van der Waals surface area contributed by atoms with E-state index in [1.807, 2.05) is 13.0 Å². The number of fused-ring (bicyclic) bond motifs is 2. The zero-order chi connectivity index (χ0) is 19.9. The molecule has 0 unspecified atom stereocenters. The van der Waals surface area contributed by atoms with Crippen LogP contribution in [0.2, 0.25) is 0 Å². The Labute approximate surface area is 165 Å². The second-order valence-corrected chi connectivity index (χ2v) is 8.47. The van der Waals surface area contributed by atoms with Gasteiger partial charge in [-0.25, -0.2) is 9.78 Å². The number of nitriles is 1. The Hall–Kier alpha value is -2.86. The van der Waals surface area contributed by atoms with Crippen molar-refractivity contribution in [2.45, 2.75) is 43.8 Å². The molecule has 0 spiro atoms. The van der Waals surface area contributed by atoms with Crippen molar-refractivity contribution < 1.29 is 14.3 Å². The van der Waals surface area contributed by atoms with E-state index in [9.17, 15) is 14.4 Å². The van der Waals surface area contributed by atoms with Crippen molar-refractivity contribution in [2.24, 2.45) is 0 Å². The molecular weight excluding hydrogens is 380 g/mol. The van der Waals surface area contributed by atoms with Crippen molar-refractivity contribution in [1.82, 2.24) is 14.5 Å². The number of nitrogens with zero attached hydrogens (tertiary/aromatic N) is 4. The maximum Gasteiger partial charge on any atom is 0.330 e. The van der Waals surface area contributed by atoms with Crippen LogP contribution in [0.1, 0.15) is 25.6 Å². The van der Waals surface area contributed by atoms with Gasteiger partial charge in [-0.05, 0) is 25.5 Å². The van der Waals surface area contributed by atoms with Gasteiger partial charge < -0.3 is 9.64 Å². The van der Waals surface area contributed by atoms with Crippen molar-refractivity contribution in [2.75, 3.05) is 5.75 Å². The lowest BCUT2D eigenvalue weighted by molar-refractivity contribution is -0.155. The average Bonchev–Trinajstić information content (AvgIpc) is 3.18. The molecule has 0 N–H and O–H groups in total. The maximum atomic E-state index is 12.7. The lowest BCUT2D eigenvalue weighted by Crippen LogP contribution is -2.46. The number of para-hydroxylation sites is 1. The number of benzene rings is 1. The van der Waals surface area contributed by atoms with Gasteiger partial charge in [0.25, 0.3) is 5.56 Å². The normalized spacial score (nSPS) is 23.6. The van der Waals surface area contributed by atoms with Crippen LogP contribution >= 0.6 is 11.8 Å². The van der Waals surface area contributed by atoms with Crippen molar-refractivity contribution in [3.63, 3.8) is 0 Å². The molecule has 2 aliphatic rings. The largest absolute Gasteiger partial charge is 0.456 e. The molecule has 2 saturated heterocycles. The zero-order valence-electron chi connectivity index (χ0n) is 15.3. The molecule has 2 aromatic rings. The van der Waals surface area contributed by atoms with Gasteiger partial charge >= 0.3 is 5.97 Å². The first kappa shape index (κ1) is 18.5. The minimum atomic E-state index is -0.637. The molecular formula is C19H18N4O4S. The highest BCUT2D eigenvalue weighted by Gasteiger charge is 2.53. The van der Waals surface area contributed by atoms with Crippen LogP contribution < -0.4 is 5.56 Å². The van der Waals surface area contributed by atoms with E-state index in [1.165, 1.54) is 4.57 Å². The summed E-state index contributed by atoms with van der Waals surface area (Å²) in [6.45, 7) is 1.54. The number of aromatic nitrogens is 2. The van der Waals surface area contributed by atoms with Gasteiger partial charge in [0.1, 0.15) is 19.2 Å². The zero-order valence-corrected chi connectivity index (χ0v) is 16.1. The Bertz CT molecular complexity index is 1080. The van der Waals surface area contributed by atoms with E-state index >= 15 is 0 Å². The second-order valence-electron chi connectivity index (χ2n) is 6.97. The first-order valence-electron chi connectivity index (χ1n) is 8.93. The number of ether oxygens (including phenoxy) is 1. The minimum absolute atomic E-state index is 0.0420. The van der Waals surface area contributed by atoms with Crippen LogP contribution in [0.4, 0.5) is 0 Å². The third-order valence-electron chi connectivity index (χ3n) is 5.23. The van der Waals surface area contributed by atoms with E-state index in [1.54, 1.807) is 40.9 Å². The molecule has 2 atom stereocenters. The van der Waals surface area contributed by atoms with Crippen LogP contribution in [0.25, 0.3) is 10.9 Å². The Kier molecular flexibility index (Phi) is 4.59. The standard InChI is InChI=1S/C19H18N4O4S/c1-19-7-6-16(24)23(19)14(11-28-19)18(26)27-10-15-21-13-5-3-2-4-12(13)17(25)22(15)9-8-20/h2-5,14H,6-7,9-11H2,1H3/t14-,19-/m1/s1. The number of hydrogen-bond acceptors (Lipinski definition) is 7. The summed E-state index contributed by atoms with van der Waals surface area (Å²) in [5, 5.41) is 9.46. The summed E-state index contributed by atoms with van der Waals surface area (Å²) >= 11 is 1.58. The van der Waals surface area contributed by atoms with Gasteiger partial charge in [0, 0.05) is 12.2 Å². The van der Waals surface area contributed by atoms with Gasteiger partial charge in [0.05, 0.1) is 21.8 Å². The predicted molar refractivity (Wildman–Crippen MR) is 102 cm³/mol. The molecule has 0 radical (unpaired) electrons. The van der Waals surface area contributed by atoms with Gasteiger partial charge in [0.15, 0.2) is 5.82 Å². The van der Waals surface area contributed by atoms with Crippen molar-refractivity contribution >= 4 is 34.5 Å². The number of esters is 1. The first-order valence-corrected chi connectivity index (χ1v) is 9.91. The summed E-state index contributed by atoms with van der Waals surface area (Å²) in [4.78, 5) is 43.2. The second kappa shape index (κ2) is 6.95. The molecule has 0 aliphatic carbocycles. The molecule has 28 heavy (non-hydrogen) atoms. The third kappa shape index (κ3) is 2.94. The van der Waals surface area contributed by atoms with Crippen LogP contribution in [0.3, 0.4) is 0 Å². The molecule has 2 aliphatic heterocycles.